The Balaban J connectivity index is 3.62. The van der Waals surface area contributed by atoms with E-state index in [1.165, 1.54) is 0 Å². The van der Waals surface area contributed by atoms with E-state index in [1.54, 1.807) is 0 Å². The lowest BCUT2D eigenvalue weighted by molar-refractivity contribution is 0.0665. The van der Waals surface area contributed by atoms with Crippen LogP contribution < -0.4 is 11.7 Å². The second-order valence-corrected chi connectivity index (χ2v) is 2.89. The Kier molecular flexibility index (Phi) is 3.90. The van der Waals surface area contributed by atoms with Gasteiger partial charge in [0.25, 0.3) is 0 Å². The first-order valence-electron chi connectivity index (χ1n) is 3.01. The van der Waals surface area contributed by atoms with E-state index in [9.17, 15) is 0 Å². The number of nitrogens with zero attached hydrogens (tertiary/aromatic N) is 2. The van der Waals surface area contributed by atoms with Gasteiger partial charge < -0.3 is 10.7 Å². The molecule has 0 aromatic carbocycles. The highest BCUT2D eigenvalue weighted by Crippen LogP contribution is 2.14. The summed E-state index contributed by atoms with van der Waals surface area (Å²) in [6.07, 6.45) is 0. The molecule has 0 aliphatic carbocycles. The molecule has 0 saturated carbocycles. The maximum Gasteiger partial charge on any atom is 0.0748 e. The minimum absolute atomic E-state index is 0.0857. The lowest BCUT2D eigenvalue weighted by Crippen LogP contribution is -2.24. The molecule has 0 radical (unpaired) electrons. The summed E-state index contributed by atoms with van der Waals surface area (Å²) in [6.45, 7) is 4.91. The summed E-state index contributed by atoms with van der Waals surface area (Å²) in [5.74, 6) is 9.70. The first-order chi connectivity index (χ1) is 4.62. The quantitative estimate of drug-likeness (QED) is 0.338. The Hall–Kier alpha value is -0.680. The van der Waals surface area contributed by atoms with E-state index in [-0.39, 0.29) is 5.41 Å². The Morgan fingerprint density at radius 2 is 2.10 bits per heavy atom. The summed E-state index contributed by atoms with van der Waals surface area (Å²) >= 11 is 0. The fourth-order valence-electron chi connectivity index (χ4n) is 0.503. The minimum Gasteiger partial charge on any atom is -0.305 e. The second-order valence-electron chi connectivity index (χ2n) is 2.89. The van der Waals surface area contributed by atoms with Crippen LogP contribution in [0.1, 0.15) is 13.8 Å². The van der Waals surface area contributed by atoms with Crippen LogP contribution in [0.4, 0.5) is 0 Å². The third kappa shape index (κ3) is 4.22. The molecule has 0 aromatic rings. The van der Waals surface area contributed by atoms with Crippen molar-refractivity contribution >= 4 is 0 Å². The van der Waals surface area contributed by atoms with E-state index in [1.807, 2.05) is 13.8 Å². The standard InChI is InChI=1S/C5H14N4O/c1-5(2,4-10-7)3-8-9-6/h3-4,7H2,1-2H3,(H2,6,8). The zero-order valence-corrected chi connectivity index (χ0v) is 6.37. The SMILES string of the molecule is CC(C)(CN=NN)CON. The fourth-order valence-corrected chi connectivity index (χ4v) is 0.503. The van der Waals surface area contributed by atoms with Gasteiger partial charge in [0.15, 0.2) is 0 Å². The monoisotopic (exact) mass is 146 g/mol. The summed E-state index contributed by atoms with van der Waals surface area (Å²) in [6, 6.07) is 0. The van der Waals surface area contributed by atoms with E-state index in [0.29, 0.717) is 13.2 Å². The predicted molar refractivity (Wildman–Crippen MR) is 37.8 cm³/mol. The average molecular weight is 146 g/mol. The number of hydrogen-bond donors (Lipinski definition) is 2. The topological polar surface area (TPSA) is 86.0 Å². The van der Waals surface area contributed by atoms with E-state index in [4.69, 9.17) is 11.7 Å². The summed E-state index contributed by atoms with van der Waals surface area (Å²) < 4.78 is 0. The molecular formula is C5H14N4O. The molecule has 0 aromatic heterocycles. The highest BCUT2D eigenvalue weighted by atomic mass is 16.6. The van der Waals surface area contributed by atoms with Crippen LogP contribution >= 0.6 is 0 Å². The number of nitrogens with two attached hydrogens (primary N) is 2. The molecule has 10 heavy (non-hydrogen) atoms. The average Bonchev–Trinajstić information content (AvgIpc) is 1.84. The maximum absolute atomic E-state index is 4.88. The smallest absolute Gasteiger partial charge is 0.0748 e. The van der Waals surface area contributed by atoms with Crippen molar-refractivity contribution in [2.24, 2.45) is 27.5 Å². The lowest BCUT2D eigenvalue weighted by atomic mass is 9.96. The van der Waals surface area contributed by atoms with Crippen molar-refractivity contribution in [3.63, 3.8) is 0 Å². The molecular weight excluding hydrogens is 132 g/mol. The normalized spacial score (nSPS) is 12.7. The molecule has 0 bridgehead atoms. The third-order valence-corrected chi connectivity index (χ3v) is 1.05. The van der Waals surface area contributed by atoms with Gasteiger partial charge in [0.1, 0.15) is 0 Å². The van der Waals surface area contributed by atoms with Gasteiger partial charge in [-0.25, -0.2) is 5.90 Å². The molecule has 5 nitrogen and oxygen atoms in total. The molecule has 4 N–H and O–H groups in total. The van der Waals surface area contributed by atoms with Crippen molar-refractivity contribution in [1.82, 2.24) is 0 Å². The molecule has 0 amide bonds. The molecule has 0 saturated heterocycles. The van der Waals surface area contributed by atoms with Gasteiger partial charge in [-0.1, -0.05) is 19.1 Å². The van der Waals surface area contributed by atoms with E-state index in [2.05, 4.69) is 15.2 Å². The highest BCUT2D eigenvalue weighted by molar-refractivity contribution is 4.68. The predicted octanol–water partition coefficient (Wildman–Crippen LogP) is 0.229. The van der Waals surface area contributed by atoms with Crippen molar-refractivity contribution in [3.05, 3.63) is 0 Å². The van der Waals surface area contributed by atoms with Crippen molar-refractivity contribution in [1.29, 1.82) is 0 Å². The van der Waals surface area contributed by atoms with Crippen LogP contribution in [0.2, 0.25) is 0 Å². The largest absolute Gasteiger partial charge is 0.305 e. The molecule has 0 aliphatic heterocycles. The molecule has 5 heteroatoms. The Morgan fingerprint density at radius 3 is 2.50 bits per heavy atom. The van der Waals surface area contributed by atoms with Gasteiger partial charge in [0.05, 0.1) is 13.2 Å². The molecule has 60 valence electrons. The van der Waals surface area contributed by atoms with E-state index >= 15 is 0 Å². The molecule has 0 fully saturated rings. The minimum atomic E-state index is -0.0857. The summed E-state index contributed by atoms with van der Waals surface area (Å²) in [5, 5.41) is 6.76. The number of rotatable bonds is 4. The van der Waals surface area contributed by atoms with Crippen LogP contribution in [0.5, 0.6) is 0 Å². The highest BCUT2D eigenvalue weighted by Gasteiger charge is 2.17. The van der Waals surface area contributed by atoms with Gasteiger partial charge in [-0.05, 0) is 0 Å². The third-order valence-electron chi connectivity index (χ3n) is 1.05. The van der Waals surface area contributed by atoms with Gasteiger partial charge in [0, 0.05) is 5.41 Å². The maximum atomic E-state index is 4.88. The summed E-state index contributed by atoms with van der Waals surface area (Å²) in [4.78, 5) is 4.46. The van der Waals surface area contributed by atoms with E-state index < -0.39 is 0 Å². The van der Waals surface area contributed by atoms with Gasteiger partial charge in [-0.2, -0.15) is 5.11 Å². The van der Waals surface area contributed by atoms with Crippen LogP contribution in [0.15, 0.2) is 10.3 Å². The Morgan fingerprint density at radius 1 is 1.50 bits per heavy atom. The first kappa shape index (κ1) is 9.32. The van der Waals surface area contributed by atoms with Crippen LogP contribution in [0, 0.1) is 5.41 Å². The van der Waals surface area contributed by atoms with Gasteiger partial charge in [0.2, 0.25) is 0 Å². The van der Waals surface area contributed by atoms with Crippen LogP contribution in [0.3, 0.4) is 0 Å². The molecule has 0 spiro atoms. The molecule has 0 unspecified atom stereocenters. The molecule has 0 aliphatic rings. The molecule has 0 heterocycles. The van der Waals surface area contributed by atoms with E-state index in [0.717, 1.165) is 0 Å². The van der Waals surface area contributed by atoms with Crippen LogP contribution in [0.25, 0.3) is 0 Å². The van der Waals surface area contributed by atoms with Crippen molar-refractivity contribution in [2.75, 3.05) is 13.2 Å². The fraction of sp³-hybridized carbons (Fsp3) is 1.00. The first-order valence-corrected chi connectivity index (χ1v) is 3.01. The second kappa shape index (κ2) is 4.19. The number of hydrogen-bond acceptors (Lipinski definition) is 4. The van der Waals surface area contributed by atoms with Crippen molar-refractivity contribution in [3.8, 4) is 0 Å². The Labute approximate surface area is 60.4 Å². The summed E-state index contributed by atoms with van der Waals surface area (Å²) in [7, 11) is 0. The molecule has 0 atom stereocenters. The van der Waals surface area contributed by atoms with Crippen LogP contribution in [-0.4, -0.2) is 13.2 Å². The zero-order valence-electron chi connectivity index (χ0n) is 6.37. The van der Waals surface area contributed by atoms with Crippen molar-refractivity contribution in [2.45, 2.75) is 13.8 Å². The van der Waals surface area contributed by atoms with Gasteiger partial charge in [-0.3, -0.25) is 0 Å². The van der Waals surface area contributed by atoms with Crippen molar-refractivity contribution < 1.29 is 4.84 Å². The van der Waals surface area contributed by atoms with Crippen LogP contribution in [-0.2, 0) is 4.84 Å². The Bertz CT molecular complexity index is 112. The lowest BCUT2D eigenvalue weighted by Gasteiger charge is -2.18. The summed E-state index contributed by atoms with van der Waals surface area (Å²) in [5.41, 5.74) is -0.0857. The van der Waals surface area contributed by atoms with Gasteiger partial charge >= 0.3 is 0 Å². The zero-order chi connectivity index (χ0) is 8.04. The molecule has 0 rings (SSSR count). The van der Waals surface area contributed by atoms with Gasteiger partial charge in [-0.15, -0.1) is 0 Å².